The fourth-order valence-corrected chi connectivity index (χ4v) is 0.938. The van der Waals surface area contributed by atoms with Crippen LogP contribution >= 0.6 is 0 Å². The molecule has 5 nitrogen and oxygen atoms in total. The van der Waals surface area contributed by atoms with Crippen LogP contribution in [0.15, 0.2) is 6.33 Å². The maximum Gasteiger partial charge on any atom is 0.306 e. The molecule has 0 spiro atoms. The molecule has 0 radical (unpaired) electrons. The van der Waals surface area contributed by atoms with E-state index in [2.05, 4.69) is 19.9 Å². The molecule has 1 rings (SSSR count). The first-order chi connectivity index (χ1) is 4.86. The Morgan fingerprint density at radius 2 is 2.30 bits per heavy atom. The molecule has 1 heterocycles. The number of nitrogens with one attached hydrogen (secondary N) is 1. The Balaban J connectivity index is 2.87. The van der Waals surface area contributed by atoms with Crippen LogP contribution in [0.3, 0.4) is 0 Å². The molecule has 0 aliphatic heterocycles. The number of nitrogens with zero attached hydrogens (tertiary/aromatic N) is 3. The van der Waals surface area contributed by atoms with Crippen LogP contribution in [0.25, 0.3) is 0 Å². The second kappa shape index (κ2) is 3.27. The van der Waals surface area contributed by atoms with Gasteiger partial charge in [0, 0.05) is 0 Å². The van der Waals surface area contributed by atoms with E-state index in [9.17, 15) is 0 Å². The zero-order valence-corrected chi connectivity index (χ0v) is 9.83. The first kappa shape index (κ1) is 7.15. The standard InChI is InChI=1S/C3H8N4OSi2/c9-7-2-4-1-5-3(6-2)8-10/h1H,9-10H3,(H,4,5,6,7). The van der Waals surface area contributed by atoms with Crippen molar-refractivity contribution in [3.05, 3.63) is 6.33 Å². The Morgan fingerprint density at radius 1 is 1.50 bits per heavy atom. The Hall–Kier alpha value is -0.956. The van der Waals surface area contributed by atoms with Gasteiger partial charge < -0.3 is 9.41 Å². The van der Waals surface area contributed by atoms with Crippen LogP contribution in [0, 0.1) is 0 Å². The number of anilines is 1. The van der Waals surface area contributed by atoms with Crippen molar-refractivity contribution in [3.63, 3.8) is 0 Å². The van der Waals surface area contributed by atoms with E-state index in [1.165, 1.54) is 6.33 Å². The molecular weight excluding hydrogens is 164 g/mol. The van der Waals surface area contributed by atoms with Gasteiger partial charge in [0.15, 0.2) is 0 Å². The van der Waals surface area contributed by atoms with Crippen molar-refractivity contribution < 1.29 is 4.43 Å². The van der Waals surface area contributed by atoms with Crippen molar-refractivity contribution in [2.75, 3.05) is 4.98 Å². The van der Waals surface area contributed by atoms with Gasteiger partial charge in [-0.3, -0.25) is 0 Å². The average Bonchev–Trinajstić information content (AvgIpc) is 2.05. The second-order valence-corrected chi connectivity index (χ2v) is 2.45. The van der Waals surface area contributed by atoms with Crippen molar-refractivity contribution in [3.8, 4) is 6.01 Å². The third kappa shape index (κ3) is 1.51. The normalized spacial score (nSPS) is 9.60. The van der Waals surface area contributed by atoms with E-state index in [-0.39, 0.29) is 0 Å². The minimum absolute atomic E-state index is 0.403. The Labute approximate surface area is 64.3 Å². The lowest BCUT2D eigenvalue weighted by Gasteiger charge is -1.98. The van der Waals surface area contributed by atoms with Crippen molar-refractivity contribution in [1.29, 1.82) is 0 Å². The Bertz CT molecular complexity index is 200. The monoisotopic (exact) mass is 172 g/mol. The highest BCUT2D eigenvalue weighted by Crippen LogP contribution is 2.00. The lowest BCUT2D eigenvalue weighted by molar-refractivity contribution is 0.555. The summed E-state index contributed by atoms with van der Waals surface area (Å²) in [6, 6.07) is 0.403. The maximum atomic E-state index is 4.91. The first-order valence-electron chi connectivity index (χ1n) is 2.77. The summed E-state index contributed by atoms with van der Waals surface area (Å²) in [5, 5.41) is 0. The van der Waals surface area contributed by atoms with Crippen LogP contribution in [0.4, 0.5) is 5.95 Å². The van der Waals surface area contributed by atoms with Gasteiger partial charge in [-0.1, -0.05) is 0 Å². The van der Waals surface area contributed by atoms with Crippen molar-refractivity contribution >= 4 is 26.8 Å². The summed E-state index contributed by atoms with van der Waals surface area (Å²) in [6.07, 6.45) is 1.43. The van der Waals surface area contributed by atoms with Crippen LogP contribution in [-0.2, 0) is 0 Å². The molecule has 0 aliphatic carbocycles. The summed E-state index contributed by atoms with van der Waals surface area (Å²) >= 11 is 0. The van der Waals surface area contributed by atoms with Crippen molar-refractivity contribution in [2.24, 2.45) is 0 Å². The SMILES string of the molecule is [SiH3]Nc1ncnc(O[SiH3])n1. The summed E-state index contributed by atoms with van der Waals surface area (Å²) in [7, 11) is 1.44. The van der Waals surface area contributed by atoms with Crippen LogP contribution in [0.2, 0.25) is 0 Å². The third-order valence-electron chi connectivity index (χ3n) is 0.956. The average molecular weight is 172 g/mol. The molecule has 1 aromatic rings. The van der Waals surface area contributed by atoms with Gasteiger partial charge in [0.1, 0.15) is 16.7 Å². The van der Waals surface area contributed by atoms with Crippen molar-refractivity contribution in [1.82, 2.24) is 15.0 Å². The summed E-state index contributed by atoms with van der Waals surface area (Å²) in [5.74, 6) is 0.590. The van der Waals surface area contributed by atoms with E-state index in [1.807, 2.05) is 0 Å². The van der Waals surface area contributed by atoms with Crippen molar-refractivity contribution in [2.45, 2.75) is 0 Å². The van der Waals surface area contributed by atoms with Gasteiger partial charge >= 0.3 is 6.01 Å². The lowest BCUT2D eigenvalue weighted by atomic mass is 10.9. The zero-order valence-electron chi connectivity index (χ0n) is 5.83. The van der Waals surface area contributed by atoms with Crippen LogP contribution in [0.5, 0.6) is 6.01 Å². The number of hydrogen-bond acceptors (Lipinski definition) is 5. The van der Waals surface area contributed by atoms with E-state index in [0.29, 0.717) is 22.4 Å². The fraction of sp³-hybridized carbons (Fsp3) is 0. The topological polar surface area (TPSA) is 59.9 Å². The van der Waals surface area contributed by atoms with Gasteiger partial charge in [0.2, 0.25) is 16.4 Å². The van der Waals surface area contributed by atoms with E-state index in [1.54, 1.807) is 0 Å². The lowest BCUT2D eigenvalue weighted by Crippen LogP contribution is -2.01. The van der Waals surface area contributed by atoms with Gasteiger partial charge in [0.05, 0.1) is 0 Å². The molecule has 0 saturated carbocycles. The molecule has 54 valence electrons. The van der Waals surface area contributed by atoms with Gasteiger partial charge in [-0.2, -0.15) is 9.97 Å². The molecule has 7 heteroatoms. The van der Waals surface area contributed by atoms with E-state index >= 15 is 0 Å². The van der Waals surface area contributed by atoms with Gasteiger partial charge in [-0.15, -0.1) is 0 Å². The summed E-state index contributed by atoms with van der Waals surface area (Å²) < 4.78 is 4.91. The predicted octanol–water partition coefficient (Wildman–Crippen LogP) is -2.78. The predicted molar refractivity (Wildman–Crippen MR) is 44.0 cm³/mol. The molecular formula is C3H8N4OSi2. The van der Waals surface area contributed by atoms with Gasteiger partial charge in [-0.05, 0) is 0 Å². The van der Waals surface area contributed by atoms with E-state index in [4.69, 9.17) is 4.43 Å². The highest BCUT2D eigenvalue weighted by molar-refractivity contribution is 6.15. The van der Waals surface area contributed by atoms with Crippen LogP contribution in [-0.4, -0.2) is 35.8 Å². The molecule has 10 heavy (non-hydrogen) atoms. The molecule has 0 aromatic carbocycles. The highest BCUT2D eigenvalue weighted by atomic mass is 28.2. The Morgan fingerprint density at radius 3 is 2.90 bits per heavy atom. The van der Waals surface area contributed by atoms with Gasteiger partial charge in [0.25, 0.3) is 0 Å². The molecule has 0 fully saturated rings. The van der Waals surface area contributed by atoms with Crippen LogP contribution in [0.1, 0.15) is 0 Å². The summed E-state index contributed by atoms with van der Waals surface area (Å²) in [5.41, 5.74) is 0. The molecule has 1 aromatic heterocycles. The first-order valence-corrected chi connectivity index (χ1v) is 4.59. The molecule has 0 unspecified atom stereocenters. The summed E-state index contributed by atoms with van der Waals surface area (Å²) in [6.45, 7) is 0. The molecule has 0 saturated heterocycles. The fourth-order valence-electron chi connectivity index (χ4n) is 0.500. The second-order valence-electron chi connectivity index (χ2n) is 1.55. The quantitative estimate of drug-likeness (QED) is 0.489. The van der Waals surface area contributed by atoms with E-state index in [0.717, 1.165) is 10.4 Å². The highest BCUT2D eigenvalue weighted by Gasteiger charge is 1.94. The largest absolute Gasteiger partial charge is 0.526 e. The number of rotatable bonds is 2. The smallest absolute Gasteiger partial charge is 0.306 e. The minimum Gasteiger partial charge on any atom is -0.526 e. The summed E-state index contributed by atoms with van der Waals surface area (Å²) in [4.78, 5) is 14.5. The number of hydrogen-bond donors (Lipinski definition) is 1. The molecule has 0 atom stereocenters. The van der Waals surface area contributed by atoms with Crippen LogP contribution < -0.4 is 9.41 Å². The minimum atomic E-state index is 0.403. The number of aromatic nitrogens is 3. The molecule has 0 aliphatic rings. The molecule has 1 N–H and O–H groups in total. The zero-order chi connectivity index (χ0) is 7.40. The maximum absolute atomic E-state index is 4.91. The molecule has 0 amide bonds. The van der Waals surface area contributed by atoms with E-state index < -0.39 is 0 Å². The molecule has 0 bridgehead atoms. The third-order valence-corrected chi connectivity index (χ3v) is 1.77. The van der Waals surface area contributed by atoms with Gasteiger partial charge in [-0.25, -0.2) is 4.98 Å². The Kier molecular flexibility index (Phi) is 2.34.